The predicted octanol–water partition coefficient (Wildman–Crippen LogP) is 2.63. The summed E-state index contributed by atoms with van der Waals surface area (Å²) < 4.78 is 35.3. The van der Waals surface area contributed by atoms with Crippen LogP contribution in [0.25, 0.3) is 0 Å². The van der Waals surface area contributed by atoms with Crippen molar-refractivity contribution in [2.75, 3.05) is 16.2 Å². The lowest BCUT2D eigenvalue weighted by atomic mass is 10.1. The molecule has 3 N–H and O–H groups in total. The highest BCUT2D eigenvalue weighted by Crippen LogP contribution is 2.33. The molecule has 2 aromatic carbocycles. The molecule has 0 radical (unpaired) electrons. The Bertz CT molecular complexity index is 1110. The first kappa shape index (κ1) is 20.6. The van der Waals surface area contributed by atoms with E-state index < -0.39 is 28.6 Å². The number of ether oxygens (including phenoxy) is 1. The average molecular weight is 442 g/mol. The smallest absolute Gasteiger partial charge is 0.253 e. The number of nitrogens with zero attached hydrogens (tertiary/aromatic N) is 2. The minimum absolute atomic E-state index is 0.181. The number of aromatic hydroxyl groups is 1. The summed E-state index contributed by atoms with van der Waals surface area (Å²) in [4.78, 5) is 15.6. The first-order valence-corrected chi connectivity index (χ1v) is 10.5. The number of nitrogens with one attached hydrogen (secondary N) is 2. The van der Waals surface area contributed by atoms with Crippen molar-refractivity contribution in [1.29, 1.82) is 0 Å². The van der Waals surface area contributed by atoms with Crippen LogP contribution in [0.2, 0.25) is 0 Å². The summed E-state index contributed by atoms with van der Waals surface area (Å²) in [5.41, 5.74) is 1.20. The van der Waals surface area contributed by atoms with E-state index in [4.69, 9.17) is 4.74 Å². The Morgan fingerprint density at radius 3 is 2.71 bits per heavy atom. The number of pyridine rings is 1. The summed E-state index contributed by atoms with van der Waals surface area (Å²) in [5.74, 6) is -0.559. The molecule has 0 aliphatic carbocycles. The summed E-state index contributed by atoms with van der Waals surface area (Å²) in [6.07, 6.45) is 1.59. The lowest BCUT2D eigenvalue weighted by Crippen LogP contribution is -2.23. The highest BCUT2D eigenvalue weighted by atomic mass is 32.2. The number of halogens is 1. The molecule has 1 fully saturated rings. The molecule has 1 atom stereocenters. The van der Waals surface area contributed by atoms with Gasteiger partial charge >= 0.3 is 0 Å². The maximum Gasteiger partial charge on any atom is 0.253 e. The molecule has 1 aliphatic rings. The molecule has 2 heterocycles. The lowest BCUT2D eigenvalue weighted by molar-refractivity contribution is -0.117. The Morgan fingerprint density at radius 2 is 2.00 bits per heavy atom. The van der Waals surface area contributed by atoms with E-state index in [2.05, 4.69) is 15.0 Å². The first-order chi connectivity index (χ1) is 15.0. The third kappa shape index (κ3) is 4.92. The number of amides is 1. The van der Waals surface area contributed by atoms with Gasteiger partial charge < -0.3 is 15.2 Å². The van der Waals surface area contributed by atoms with Crippen LogP contribution in [0.4, 0.5) is 15.9 Å². The zero-order valence-electron chi connectivity index (χ0n) is 16.2. The summed E-state index contributed by atoms with van der Waals surface area (Å²) in [7, 11) is 0. The second kappa shape index (κ2) is 9.00. The van der Waals surface area contributed by atoms with Gasteiger partial charge in [-0.3, -0.25) is 13.8 Å². The number of rotatable bonds is 7. The summed E-state index contributed by atoms with van der Waals surface area (Å²) in [6, 6.07) is 15.8. The van der Waals surface area contributed by atoms with Crippen molar-refractivity contribution in [3.05, 3.63) is 77.7 Å². The topological polar surface area (TPSA) is 104 Å². The Labute approximate surface area is 180 Å². The molecule has 0 spiro atoms. The molecule has 0 saturated carbocycles. The zero-order chi connectivity index (χ0) is 21.8. The molecule has 1 aromatic heterocycles. The average Bonchev–Trinajstić information content (AvgIpc) is 3.09. The Morgan fingerprint density at radius 1 is 1.19 bits per heavy atom. The van der Waals surface area contributed by atoms with Crippen LogP contribution >= 0.6 is 0 Å². The number of aromatic nitrogens is 1. The third-order valence-corrected chi connectivity index (χ3v) is 5.61. The molecule has 0 bridgehead atoms. The molecule has 31 heavy (non-hydrogen) atoms. The minimum atomic E-state index is -1.93. The predicted molar refractivity (Wildman–Crippen MR) is 114 cm³/mol. The normalized spacial score (nSPS) is 15.6. The van der Waals surface area contributed by atoms with Crippen molar-refractivity contribution in [2.45, 2.75) is 13.2 Å². The van der Waals surface area contributed by atoms with Gasteiger partial charge in [0, 0.05) is 18.8 Å². The molecule has 8 nitrogen and oxygen atoms in total. The van der Waals surface area contributed by atoms with Gasteiger partial charge in [0.2, 0.25) is 11.2 Å². The van der Waals surface area contributed by atoms with Crippen molar-refractivity contribution in [3.63, 3.8) is 0 Å². The summed E-state index contributed by atoms with van der Waals surface area (Å²) >= 11 is -1.93. The number of benzene rings is 2. The SMILES string of the molecule is O=C1CN(c2c(O)cc(CNc3cc(OCc4ccccc4)ccn3)cc2F)S(=O)N1. The quantitative estimate of drug-likeness (QED) is 0.520. The van der Waals surface area contributed by atoms with Crippen LogP contribution in [-0.4, -0.2) is 26.8 Å². The second-order valence-electron chi connectivity index (χ2n) is 6.76. The molecular weight excluding hydrogens is 423 g/mol. The van der Waals surface area contributed by atoms with Gasteiger partial charge in [-0.1, -0.05) is 30.3 Å². The molecule has 1 amide bonds. The first-order valence-electron chi connectivity index (χ1n) is 9.36. The minimum Gasteiger partial charge on any atom is -0.506 e. The van der Waals surface area contributed by atoms with Crippen molar-refractivity contribution in [2.24, 2.45) is 0 Å². The van der Waals surface area contributed by atoms with Crippen LogP contribution in [0.15, 0.2) is 60.8 Å². The van der Waals surface area contributed by atoms with Crippen LogP contribution < -0.4 is 19.1 Å². The van der Waals surface area contributed by atoms with Gasteiger partial charge in [0.05, 0.1) is 0 Å². The number of hydrogen-bond acceptors (Lipinski definition) is 6. The largest absolute Gasteiger partial charge is 0.506 e. The molecule has 1 aliphatic heterocycles. The van der Waals surface area contributed by atoms with E-state index in [1.807, 2.05) is 30.3 Å². The van der Waals surface area contributed by atoms with E-state index in [1.54, 1.807) is 18.3 Å². The highest BCUT2D eigenvalue weighted by molar-refractivity contribution is 7.85. The van der Waals surface area contributed by atoms with Crippen molar-refractivity contribution < 1.29 is 23.2 Å². The number of phenolic OH excluding ortho intramolecular Hbond substituents is 1. The van der Waals surface area contributed by atoms with E-state index in [1.165, 1.54) is 12.1 Å². The second-order valence-corrected chi connectivity index (χ2v) is 7.90. The summed E-state index contributed by atoms with van der Waals surface area (Å²) in [5, 5.41) is 13.3. The maximum atomic E-state index is 14.6. The summed E-state index contributed by atoms with van der Waals surface area (Å²) in [6.45, 7) is 0.300. The van der Waals surface area contributed by atoms with Gasteiger partial charge in [-0.2, -0.15) is 0 Å². The fourth-order valence-electron chi connectivity index (χ4n) is 3.05. The van der Waals surface area contributed by atoms with Crippen molar-refractivity contribution in [3.8, 4) is 11.5 Å². The van der Waals surface area contributed by atoms with Crippen molar-refractivity contribution >= 4 is 28.6 Å². The number of anilines is 2. The number of carbonyl (C=O) groups is 1. The molecular formula is C21H19FN4O4S. The van der Waals surface area contributed by atoms with Crippen LogP contribution in [-0.2, 0) is 29.1 Å². The van der Waals surface area contributed by atoms with Crippen LogP contribution in [0.5, 0.6) is 11.5 Å². The standard InChI is InChI=1S/C21H19FN4O4S/c22-17-8-15(9-18(27)21(17)26-12-20(28)25-31(26)29)11-24-19-10-16(6-7-23-19)30-13-14-4-2-1-3-5-14/h1-10,27H,11-13H2,(H,23,24)(H,25,28). The number of hydrogen-bond donors (Lipinski definition) is 3. The van der Waals surface area contributed by atoms with Crippen LogP contribution in [0.3, 0.4) is 0 Å². The monoisotopic (exact) mass is 442 g/mol. The third-order valence-electron chi connectivity index (χ3n) is 4.49. The van der Waals surface area contributed by atoms with Gasteiger partial charge in [-0.05, 0) is 29.3 Å². The molecule has 10 heteroatoms. The van der Waals surface area contributed by atoms with Crippen LogP contribution in [0, 0.1) is 5.82 Å². The fourth-order valence-corrected chi connectivity index (χ4v) is 4.01. The molecule has 1 saturated heterocycles. The zero-order valence-corrected chi connectivity index (χ0v) is 17.1. The highest BCUT2D eigenvalue weighted by Gasteiger charge is 2.31. The lowest BCUT2D eigenvalue weighted by Gasteiger charge is -2.17. The van der Waals surface area contributed by atoms with E-state index in [0.29, 0.717) is 23.7 Å². The number of carbonyl (C=O) groups excluding carboxylic acids is 1. The molecule has 4 rings (SSSR count). The Balaban J connectivity index is 1.41. The van der Waals surface area contributed by atoms with E-state index in [-0.39, 0.29) is 18.8 Å². The molecule has 3 aromatic rings. The van der Waals surface area contributed by atoms with Gasteiger partial charge in [0.25, 0.3) is 5.91 Å². The Kier molecular flexibility index (Phi) is 5.99. The molecule has 160 valence electrons. The van der Waals surface area contributed by atoms with E-state index >= 15 is 0 Å². The van der Waals surface area contributed by atoms with Gasteiger partial charge in [-0.25, -0.2) is 13.6 Å². The Hall–Kier alpha value is -3.66. The van der Waals surface area contributed by atoms with Crippen LogP contribution in [0.1, 0.15) is 11.1 Å². The fraction of sp³-hybridized carbons (Fsp3) is 0.143. The van der Waals surface area contributed by atoms with E-state index in [0.717, 1.165) is 9.87 Å². The van der Waals surface area contributed by atoms with Crippen molar-refractivity contribution in [1.82, 2.24) is 9.71 Å². The van der Waals surface area contributed by atoms with Gasteiger partial charge in [-0.15, -0.1) is 0 Å². The number of phenols is 1. The maximum absolute atomic E-state index is 14.6. The van der Waals surface area contributed by atoms with Gasteiger partial charge in [0.1, 0.15) is 36.2 Å². The van der Waals surface area contributed by atoms with E-state index in [9.17, 15) is 18.5 Å². The molecule has 1 unspecified atom stereocenters. The van der Waals surface area contributed by atoms with Gasteiger partial charge in [0.15, 0.2) is 5.82 Å².